The number of carbonyl (C=O) groups excluding carboxylic acids is 2. The Balaban J connectivity index is 1.36. The highest BCUT2D eigenvalue weighted by molar-refractivity contribution is 7.92. The third-order valence-corrected chi connectivity index (χ3v) is 7.72. The number of hydrogen-bond acceptors (Lipinski definition) is 6. The SMILES string of the molecule is O=C(CS(=O)(=O)c1cn(CC(=O)N2CCCCC2)c2ccccc12)Nc1ccc2c(c1)OCO2. The predicted molar refractivity (Wildman–Crippen MR) is 126 cm³/mol. The van der Waals surface area contributed by atoms with Gasteiger partial charge in [-0.05, 0) is 37.5 Å². The number of carbonyl (C=O) groups is 2. The molecule has 0 aliphatic carbocycles. The van der Waals surface area contributed by atoms with Gasteiger partial charge < -0.3 is 24.3 Å². The first-order chi connectivity index (χ1) is 16.4. The Morgan fingerprint density at radius 1 is 0.971 bits per heavy atom. The number of sulfone groups is 1. The van der Waals surface area contributed by atoms with Crippen LogP contribution in [0.15, 0.2) is 53.6 Å². The number of ether oxygens (including phenoxy) is 2. The van der Waals surface area contributed by atoms with Crippen molar-refractivity contribution >= 4 is 38.2 Å². The van der Waals surface area contributed by atoms with Gasteiger partial charge in [0.15, 0.2) is 21.3 Å². The molecule has 3 aromatic rings. The van der Waals surface area contributed by atoms with Gasteiger partial charge in [0, 0.05) is 41.9 Å². The molecule has 2 aliphatic heterocycles. The monoisotopic (exact) mass is 483 g/mol. The second kappa shape index (κ2) is 9.02. The van der Waals surface area contributed by atoms with Crippen LogP contribution < -0.4 is 14.8 Å². The van der Waals surface area contributed by atoms with Crippen LogP contribution in [0.3, 0.4) is 0 Å². The number of amides is 2. The summed E-state index contributed by atoms with van der Waals surface area (Å²) in [6.45, 7) is 1.61. The van der Waals surface area contributed by atoms with Crippen molar-refractivity contribution in [2.24, 2.45) is 0 Å². The van der Waals surface area contributed by atoms with E-state index in [9.17, 15) is 18.0 Å². The van der Waals surface area contributed by atoms with Gasteiger partial charge in [0.2, 0.25) is 18.6 Å². The molecule has 0 bridgehead atoms. The Hall–Kier alpha value is -3.53. The summed E-state index contributed by atoms with van der Waals surface area (Å²) in [5.74, 6) is -0.375. The number of fused-ring (bicyclic) bond motifs is 2. The molecule has 0 spiro atoms. The van der Waals surface area contributed by atoms with Gasteiger partial charge in [-0.2, -0.15) is 0 Å². The molecule has 178 valence electrons. The lowest BCUT2D eigenvalue weighted by molar-refractivity contribution is -0.132. The number of nitrogens with zero attached hydrogens (tertiary/aromatic N) is 2. The molecule has 0 unspecified atom stereocenters. The molecule has 0 radical (unpaired) electrons. The number of para-hydroxylation sites is 1. The van der Waals surface area contributed by atoms with Crippen LogP contribution in [0.4, 0.5) is 5.69 Å². The van der Waals surface area contributed by atoms with Crippen molar-refractivity contribution in [3.05, 3.63) is 48.7 Å². The van der Waals surface area contributed by atoms with E-state index in [1.807, 2.05) is 4.90 Å². The minimum absolute atomic E-state index is 0.0371. The zero-order valence-corrected chi connectivity index (χ0v) is 19.3. The molecule has 1 N–H and O–H groups in total. The van der Waals surface area contributed by atoms with Gasteiger partial charge in [0.1, 0.15) is 12.3 Å². The second-order valence-electron chi connectivity index (χ2n) is 8.46. The molecule has 10 heteroatoms. The highest BCUT2D eigenvalue weighted by Crippen LogP contribution is 2.34. The molecular formula is C24H25N3O6S. The Bertz CT molecular complexity index is 1360. The van der Waals surface area contributed by atoms with Crippen LogP contribution in [0.25, 0.3) is 10.9 Å². The van der Waals surface area contributed by atoms with Crippen molar-refractivity contribution in [2.75, 3.05) is 31.0 Å². The van der Waals surface area contributed by atoms with E-state index >= 15 is 0 Å². The number of piperidine rings is 1. The van der Waals surface area contributed by atoms with Crippen molar-refractivity contribution < 1.29 is 27.5 Å². The Kier molecular flexibility index (Phi) is 5.91. The van der Waals surface area contributed by atoms with Crippen molar-refractivity contribution in [2.45, 2.75) is 30.7 Å². The molecule has 1 aromatic heterocycles. The van der Waals surface area contributed by atoms with E-state index in [4.69, 9.17) is 9.47 Å². The molecule has 1 fully saturated rings. The largest absolute Gasteiger partial charge is 0.454 e. The molecule has 5 rings (SSSR count). The van der Waals surface area contributed by atoms with E-state index in [0.717, 1.165) is 32.4 Å². The number of likely N-dealkylation sites (tertiary alicyclic amines) is 1. The van der Waals surface area contributed by atoms with Crippen LogP contribution in [-0.4, -0.2) is 55.3 Å². The van der Waals surface area contributed by atoms with Crippen LogP contribution in [0.1, 0.15) is 19.3 Å². The normalized spacial score (nSPS) is 15.5. The predicted octanol–water partition coefficient (Wildman–Crippen LogP) is 2.79. The van der Waals surface area contributed by atoms with Gasteiger partial charge >= 0.3 is 0 Å². The highest BCUT2D eigenvalue weighted by atomic mass is 32.2. The summed E-state index contributed by atoms with van der Waals surface area (Å²) >= 11 is 0. The van der Waals surface area contributed by atoms with Crippen molar-refractivity contribution in [3.8, 4) is 11.5 Å². The molecule has 1 saturated heterocycles. The smallest absolute Gasteiger partial charge is 0.242 e. The van der Waals surface area contributed by atoms with Crippen LogP contribution in [0, 0.1) is 0 Å². The lowest BCUT2D eigenvalue weighted by Crippen LogP contribution is -2.37. The average molecular weight is 484 g/mol. The van der Waals surface area contributed by atoms with Gasteiger partial charge in [-0.15, -0.1) is 0 Å². The molecule has 9 nitrogen and oxygen atoms in total. The van der Waals surface area contributed by atoms with Gasteiger partial charge in [-0.3, -0.25) is 9.59 Å². The standard InChI is InChI=1S/C24H25N3O6S/c28-23(25-17-8-9-20-21(12-17)33-16-32-20)15-34(30,31)22-13-27(19-7-3-2-6-18(19)22)14-24(29)26-10-4-1-5-11-26/h2-3,6-9,12-13H,1,4-5,10-11,14-16H2,(H,25,28). The molecule has 34 heavy (non-hydrogen) atoms. The van der Waals surface area contributed by atoms with Gasteiger partial charge in [0.25, 0.3) is 0 Å². The number of nitrogens with one attached hydrogen (secondary N) is 1. The van der Waals surface area contributed by atoms with Gasteiger partial charge in [0.05, 0.1) is 4.90 Å². The van der Waals surface area contributed by atoms with E-state index in [-0.39, 0.29) is 24.1 Å². The highest BCUT2D eigenvalue weighted by Gasteiger charge is 2.26. The molecule has 2 amide bonds. The van der Waals surface area contributed by atoms with E-state index in [0.29, 0.717) is 28.1 Å². The minimum Gasteiger partial charge on any atom is -0.454 e. The van der Waals surface area contributed by atoms with Crippen LogP contribution in [-0.2, 0) is 26.0 Å². The van der Waals surface area contributed by atoms with E-state index in [1.165, 1.54) is 6.20 Å². The fourth-order valence-electron chi connectivity index (χ4n) is 4.40. The van der Waals surface area contributed by atoms with Crippen LogP contribution >= 0.6 is 0 Å². The molecule has 2 aliphatic rings. The topological polar surface area (TPSA) is 107 Å². The summed E-state index contributed by atoms with van der Waals surface area (Å²) < 4.78 is 38.6. The number of benzene rings is 2. The summed E-state index contributed by atoms with van der Waals surface area (Å²) in [6.07, 6.45) is 4.55. The summed E-state index contributed by atoms with van der Waals surface area (Å²) in [4.78, 5) is 27.3. The molecule has 0 saturated carbocycles. The van der Waals surface area contributed by atoms with E-state index < -0.39 is 21.5 Å². The van der Waals surface area contributed by atoms with E-state index in [2.05, 4.69) is 5.32 Å². The second-order valence-corrected chi connectivity index (χ2v) is 10.4. The summed E-state index contributed by atoms with van der Waals surface area (Å²) in [7, 11) is -3.97. The van der Waals surface area contributed by atoms with Crippen molar-refractivity contribution in [1.82, 2.24) is 9.47 Å². The maximum Gasteiger partial charge on any atom is 0.242 e. The van der Waals surface area contributed by atoms with Crippen LogP contribution in [0.5, 0.6) is 11.5 Å². The summed E-state index contributed by atoms with van der Waals surface area (Å²) in [5, 5.41) is 3.10. The third kappa shape index (κ3) is 4.45. The number of anilines is 1. The zero-order valence-electron chi connectivity index (χ0n) is 18.5. The van der Waals surface area contributed by atoms with Crippen LogP contribution in [0.2, 0.25) is 0 Å². The molecule has 2 aromatic carbocycles. The number of hydrogen-bond donors (Lipinski definition) is 1. The molecule has 3 heterocycles. The van der Waals surface area contributed by atoms with Gasteiger partial charge in [-0.1, -0.05) is 18.2 Å². The Labute approximate surface area is 197 Å². The molecular weight excluding hydrogens is 458 g/mol. The first-order valence-corrected chi connectivity index (χ1v) is 12.8. The Morgan fingerprint density at radius 2 is 1.74 bits per heavy atom. The third-order valence-electron chi connectivity index (χ3n) is 6.08. The fourth-order valence-corrected chi connectivity index (χ4v) is 5.77. The maximum absolute atomic E-state index is 13.2. The lowest BCUT2D eigenvalue weighted by atomic mass is 10.1. The number of aromatic nitrogens is 1. The average Bonchev–Trinajstić information content (AvgIpc) is 3.44. The van der Waals surface area contributed by atoms with Crippen molar-refractivity contribution in [3.63, 3.8) is 0 Å². The summed E-state index contributed by atoms with van der Waals surface area (Å²) in [6, 6.07) is 11.9. The first kappa shape index (κ1) is 22.3. The quantitative estimate of drug-likeness (QED) is 0.578. The maximum atomic E-state index is 13.2. The van der Waals surface area contributed by atoms with Crippen molar-refractivity contribution in [1.29, 1.82) is 0 Å². The molecule has 0 atom stereocenters. The fraction of sp³-hybridized carbons (Fsp3) is 0.333. The summed E-state index contributed by atoms with van der Waals surface area (Å²) in [5.41, 5.74) is 1.06. The Morgan fingerprint density at radius 3 is 2.56 bits per heavy atom. The first-order valence-electron chi connectivity index (χ1n) is 11.2. The van der Waals surface area contributed by atoms with E-state index in [1.54, 1.807) is 47.0 Å². The van der Waals surface area contributed by atoms with Gasteiger partial charge in [-0.25, -0.2) is 8.42 Å². The number of rotatable bonds is 6. The lowest BCUT2D eigenvalue weighted by Gasteiger charge is -2.27. The minimum atomic E-state index is -3.97. The zero-order chi connectivity index (χ0) is 23.7.